The molecule has 0 radical (unpaired) electrons. The lowest BCUT2D eigenvalue weighted by molar-refractivity contribution is 0.281. The fourth-order valence-electron chi connectivity index (χ4n) is 1.63. The standard InChI is InChI=1S/C12H14N2O2/c1-14(7-10-4-6-16-9-10)12-11(8-15)3-2-5-13-12/h2-6,9,15H,7-8H2,1H3. The van der Waals surface area contributed by atoms with E-state index in [9.17, 15) is 5.11 Å². The zero-order valence-electron chi connectivity index (χ0n) is 9.13. The number of hydrogen-bond donors (Lipinski definition) is 1. The van der Waals surface area contributed by atoms with Crippen molar-refractivity contribution in [1.29, 1.82) is 0 Å². The molecule has 84 valence electrons. The van der Waals surface area contributed by atoms with Gasteiger partial charge in [-0.15, -0.1) is 0 Å². The predicted molar refractivity (Wildman–Crippen MR) is 61.0 cm³/mol. The molecule has 2 aromatic rings. The summed E-state index contributed by atoms with van der Waals surface area (Å²) in [5, 5.41) is 9.21. The van der Waals surface area contributed by atoms with Gasteiger partial charge < -0.3 is 14.4 Å². The van der Waals surface area contributed by atoms with E-state index >= 15 is 0 Å². The van der Waals surface area contributed by atoms with Crippen LogP contribution in [0.3, 0.4) is 0 Å². The number of pyridine rings is 1. The topological polar surface area (TPSA) is 49.5 Å². The van der Waals surface area contributed by atoms with Crippen molar-refractivity contribution >= 4 is 5.82 Å². The summed E-state index contributed by atoms with van der Waals surface area (Å²) < 4.78 is 5.01. The van der Waals surface area contributed by atoms with Crippen LogP contribution in [-0.2, 0) is 13.2 Å². The maximum atomic E-state index is 9.21. The van der Waals surface area contributed by atoms with Gasteiger partial charge in [-0.3, -0.25) is 0 Å². The number of hydrogen-bond acceptors (Lipinski definition) is 4. The van der Waals surface area contributed by atoms with Crippen molar-refractivity contribution in [3.05, 3.63) is 48.0 Å². The lowest BCUT2D eigenvalue weighted by Crippen LogP contribution is -2.19. The van der Waals surface area contributed by atoms with Crippen LogP contribution in [0.15, 0.2) is 41.3 Å². The van der Waals surface area contributed by atoms with E-state index in [1.165, 1.54) is 0 Å². The largest absolute Gasteiger partial charge is 0.472 e. The summed E-state index contributed by atoms with van der Waals surface area (Å²) in [7, 11) is 1.94. The lowest BCUT2D eigenvalue weighted by Gasteiger charge is -2.19. The zero-order chi connectivity index (χ0) is 11.4. The monoisotopic (exact) mass is 218 g/mol. The molecule has 4 nitrogen and oxygen atoms in total. The second kappa shape index (κ2) is 4.81. The fourth-order valence-corrected chi connectivity index (χ4v) is 1.63. The molecule has 0 amide bonds. The number of aromatic nitrogens is 1. The van der Waals surface area contributed by atoms with Crippen molar-refractivity contribution in [2.24, 2.45) is 0 Å². The molecule has 2 rings (SSSR count). The molecule has 2 aromatic heterocycles. The van der Waals surface area contributed by atoms with Crippen LogP contribution in [0.2, 0.25) is 0 Å². The molecule has 0 aromatic carbocycles. The quantitative estimate of drug-likeness (QED) is 0.850. The highest BCUT2D eigenvalue weighted by molar-refractivity contribution is 5.45. The Kier molecular flexibility index (Phi) is 3.22. The number of rotatable bonds is 4. The molecule has 0 aliphatic heterocycles. The van der Waals surface area contributed by atoms with Gasteiger partial charge in [-0.1, -0.05) is 6.07 Å². The van der Waals surface area contributed by atoms with E-state index in [4.69, 9.17) is 4.42 Å². The Balaban J connectivity index is 2.17. The van der Waals surface area contributed by atoms with E-state index in [2.05, 4.69) is 4.98 Å². The summed E-state index contributed by atoms with van der Waals surface area (Å²) in [5.74, 6) is 0.797. The Morgan fingerprint density at radius 3 is 3.00 bits per heavy atom. The third kappa shape index (κ3) is 2.23. The molecule has 0 saturated heterocycles. The number of aliphatic hydroxyl groups excluding tert-OH is 1. The minimum atomic E-state index is -0.00109. The highest BCUT2D eigenvalue weighted by Crippen LogP contribution is 2.17. The molecule has 0 aliphatic carbocycles. The van der Waals surface area contributed by atoms with Gasteiger partial charge >= 0.3 is 0 Å². The molecule has 0 bridgehead atoms. The summed E-state index contributed by atoms with van der Waals surface area (Å²) in [4.78, 5) is 6.25. The Morgan fingerprint density at radius 2 is 2.31 bits per heavy atom. The highest BCUT2D eigenvalue weighted by Gasteiger charge is 2.08. The van der Waals surface area contributed by atoms with E-state index in [-0.39, 0.29) is 6.61 Å². The van der Waals surface area contributed by atoms with Crippen LogP contribution in [0, 0.1) is 0 Å². The van der Waals surface area contributed by atoms with Gasteiger partial charge in [0.1, 0.15) is 5.82 Å². The average Bonchev–Trinajstić information content (AvgIpc) is 2.81. The molecule has 0 spiro atoms. The SMILES string of the molecule is CN(Cc1ccoc1)c1ncccc1CO. The summed E-state index contributed by atoms with van der Waals surface area (Å²) in [6.07, 6.45) is 5.08. The first-order chi connectivity index (χ1) is 7.81. The maximum Gasteiger partial charge on any atom is 0.134 e. The van der Waals surface area contributed by atoms with Gasteiger partial charge in [-0.2, -0.15) is 0 Å². The van der Waals surface area contributed by atoms with Crippen molar-refractivity contribution in [1.82, 2.24) is 4.98 Å². The number of furan rings is 1. The van der Waals surface area contributed by atoms with E-state index in [1.807, 2.05) is 30.1 Å². The van der Waals surface area contributed by atoms with Crippen molar-refractivity contribution < 1.29 is 9.52 Å². The van der Waals surface area contributed by atoms with Crippen LogP contribution in [-0.4, -0.2) is 17.1 Å². The van der Waals surface area contributed by atoms with Crippen LogP contribution >= 0.6 is 0 Å². The van der Waals surface area contributed by atoms with Gasteiger partial charge in [-0.25, -0.2) is 4.98 Å². The Morgan fingerprint density at radius 1 is 1.44 bits per heavy atom. The Labute approximate surface area is 94.2 Å². The predicted octanol–water partition coefficient (Wildman–Crippen LogP) is 1.80. The van der Waals surface area contributed by atoms with Crippen LogP contribution in [0.25, 0.3) is 0 Å². The van der Waals surface area contributed by atoms with Gasteiger partial charge in [0.25, 0.3) is 0 Å². The summed E-state index contributed by atoms with van der Waals surface area (Å²) >= 11 is 0. The van der Waals surface area contributed by atoms with Crippen LogP contribution < -0.4 is 4.90 Å². The molecule has 2 heterocycles. The van der Waals surface area contributed by atoms with E-state index in [1.54, 1.807) is 18.7 Å². The third-order valence-electron chi connectivity index (χ3n) is 2.40. The minimum Gasteiger partial charge on any atom is -0.472 e. The van der Waals surface area contributed by atoms with Gasteiger partial charge in [0.2, 0.25) is 0 Å². The van der Waals surface area contributed by atoms with Crippen molar-refractivity contribution in [2.45, 2.75) is 13.2 Å². The van der Waals surface area contributed by atoms with Crippen molar-refractivity contribution in [3.63, 3.8) is 0 Å². The summed E-state index contributed by atoms with van der Waals surface area (Å²) in [5.41, 5.74) is 1.91. The number of anilines is 1. The Hall–Kier alpha value is -1.81. The fraction of sp³-hybridized carbons (Fsp3) is 0.250. The number of aliphatic hydroxyl groups is 1. The van der Waals surface area contributed by atoms with Gasteiger partial charge in [0.15, 0.2) is 0 Å². The highest BCUT2D eigenvalue weighted by atomic mass is 16.3. The van der Waals surface area contributed by atoms with E-state index in [0.717, 1.165) is 16.9 Å². The second-order valence-corrected chi connectivity index (χ2v) is 3.63. The average molecular weight is 218 g/mol. The zero-order valence-corrected chi connectivity index (χ0v) is 9.13. The first-order valence-electron chi connectivity index (χ1n) is 5.08. The van der Waals surface area contributed by atoms with E-state index < -0.39 is 0 Å². The molecule has 0 fully saturated rings. The molecular weight excluding hydrogens is 204 g/mol. The minimum absolute atomic E-state index is 0.00109. The van der Waals surface area contributed by atoms with Crippen LogP contribution in [0.4, 0.5) is 5.82 Å². The molecule has 0 atom stereocenters. The molecule has 0 unspecified atom stereocenters. The first kappa shape index (κ1) is 10.7. The smallest absolute Gasteiger partial charge is 0.134 e. The second-order valence-electron chi connectivity index (χ2n) is 3.63. The lowest BCUT2D eigenvalue weighted by atomic mass is 10.2. The summed E-state index contributed by atoms with van der Waals surface area (Å²) in [6, 6.07) is 5.60. The normalized spacial score (nSPS) is 10.4. The number of nitrogens with zero attached hydrogens (tertiary/aromatic N) is 2. The first-order valence-corrected chi connectivity index (χ1v) is 5.08. The molecule has 0 saturated carbocycles. The van der Waals surface area contributed by atoms with Crippen molar-refractivity contribution in [3.8, 4) is 0 Å². The maximum absolute atomic E-state index is 9.21. The Bertz CT molecular complexity index is 440. The third-order valence-corrected chi connectivity index (χ3v) is 2.40. The molecule has 4 heteroatoms. The van der Waals surface area contributed by atoms with Crippen molar-refractivity contribution in [2.75, 3.05) is 11.9 Å². The summed E-state index contributed by atoms with van der Waals surface area (Å²) in [6.45, 7) is 0.708. The van der Waals surface area contributed by atoms with Crippen LogP contribution in [0.5, 0.6) is 0 Å². The molecule has 16 heavy (non-hydrogen) atoms. The van der Waals surface area contributed by atoms with E-state index in [0.29, 0.717) is 6.54 Å². The van der Waals surface area contributed by atoms with Gasteiger partial charge in [0, 0.05) is 30.9 Å². The molecular formula is C12H14N2O2. The molecule has 0 aliphatic rings. The van der Waals surface area contributed by atoms with Gasteiger partial charge in [0.05, 0.1) is 19.1 Å². The molecule has 1 N–H and O–H groups in total. The van der Waals surface area contributed by atoms with Gasteiger partial charge in [-0.05, 0) is 12.1 Å². The van der Waals surface area contributed by atoms with Crippen LogP contribution in [0.1, 0.15) is 11.1 Å².